The van der Waals surface area contributed by atoms with Crippen molar-refractivity contribution in [3.8, 4) is 0 Å². The molecule has 0 aromatic heterocycles. The molecule has 116 valence electrons. The third-order valence-corrected chi connectivity index (χ3v) is 6.23. The molecule has 5 heteroatoms. The molecule has 0 bridgehead atoms. The van der Waals surface area contributed by atoms with Crippen LogP contribution in [-0.2, 0) is 10.0 Å². The van der Waals surface area contributed by atoms with Crippen molar-refractivity contribution in [3.05, 3.63) is 48.0 Å². The van der Waals surface area contributed by atoms with Gasteiger partial charge in [-0.05, 0) is 30.9 Å². The standard InChI is InChI=1S/C16H22BrNO2S/c1-3-11-21(19,20)18-10-5-4-9-16(18)15-8-6-7-14(12-15)13(2)17/h3,6-8,12-13,16H,1,4-5,9-11H2,2H3. The predicted octanol–water partition coefficient (Wildman–Crippen LogP) is 4.19. The Bertz CT molecular complexity index is 598. The molecule has 0 amide bonds. The lowest BCUT2D eigenvalue weighted by molar-refractivity contribution is 0.256. The van der Waals surface area contributed by atoms with Crippen molar-refractivity contribution in [2.24, 2.45) is 0 Å². The summed E-state index contributed by atoms with van der Waals surface area (Å²) in [6.45, 7) is 6.25. The molecule has 1 saturated heterocycles. The largest absolute Gasteiger partial charge is 0.218 e. The molecule has 21 heavy (non-hydrogen) atoms. The molecule has 3 nitrogen and oxygen atoms in total. The fraction of sp³-hybridized carbons (Fsp3) is 0.500. The number of halogens is 1. The molecular weight excluding hydrogens is 350 g/mol. The first-order valence-electron chi connectivity index (χ1n) is 7.30. The van der Waals surface area contributed by atoms with E-state index in [1.807, 2.05) is 12.1 Å². The molecular formula is C16H22BrNO2S. The molecule has 1 aliphatic heterocycles. The maximum Gasteiger partial charge on any atom is 0.218 e. The van der Waals surface area contributed by atoms with Crippen molar-refractivity contribution in [2.75, 3.05) is 12.3 Å². The lowest BCUT2D eigenvalue weighted by atomic mass is 9.96. The molecule has 0 radical (unpaired) electrons. The van der Waals surface area contributed by atoms with Crippen molar-refractivity contribution in [1.82, 2.24) is 4.31 Å². The number of hydrogen-bond acceptors (Lipinski definition) is 2. The number of alkyl halides is 1. The van der Waals surface area contributed by atoms with Gasteiger partial charge in [0.2, 0.25) is 10.0 Å². The summed E-state index contributed by atoms with van der Waals surface area (Å²) in [5.41, 5.74) is 2.27. The minimum atomic E-state index is -3.26. The van der Waals surface area contributed by atoms with Gasteiger partial charge in [0.1, 0.15) is 0 Å². The van der Waals surface area contributed by atoms with Crippen molar-refractivity contribution in [3.63, 3.8) is 0 Å². The maximum atomic E-state index is 12.4. The quantitative estimate of drug-likeness (QED) is 0.574. The molecule has 1 heterocycles. The van der Waals surface area contributed by atoms with Gasteiger partial charge < -0.3 is 0 Å². The summed E-state index contributed by atoms with van der Waals surface area (Å²) >= 11 is 3.58. The van der Waals surface area contributed by atoms with E-state index in [2.05, 4.69) is 41.6 Å². The highest BCUT2D eigenvalue weighted by atomic mass is 79.9. The van der Waals surface area contributed by atoms with E-state index in [0.717, 1.165) is 24.8 Å². The summed E-state index contributed by atoms with van der Waals surface area (Å²) in [5.74, 6) is 0.0119. The number of nitrogens with zero attached hydrogens (tertiary/aromatic N) is 1. The zero-order valence-corrected chi connectivity index (χ0v) is 14.7. The molecule has 0 N–H and O–H groups in total. The Hall–Kier alpha value is -0.650. The van der Waals surface area contributed by atoms with E-state index in [9.17, 15) is 8.42 Å². The van der Waals surface area contributed by atoms with Crippen LogP contribution in [0.2, 0.25) is 0 Å². The molecule has 1 aromatic carbocycles. The number of hydrogen-bond donors (Lipinski definition) is 0. The van der Waals surface area contributed by atoms with E-state index < -0.39 is 10.0 Å². The van der Waals surface area contributed by atoms with Crippen molar-refractivity contribution in [2.45, 2.75) is 37.1 Å². The van der Waals surface area contributed by atoms with Gasteiger partial charge in [-0.3, -0.25) is 0 Å². The zero-order chi connectivity index (χ0) is 15.5. The molecule has 2 atom stereocenters. The van der Waals surface area contributed by atoms with Gasteiger partial charge in [0.25, 0.3) is 0 Å². The fourth-order valence-corrected chi connectivity index (χ4v) is 4.63. The van der Waals surface area contributed by atoms with Crippen LogP contribution in [-0.4, -0.2) is 25.0 Å². The van der Waals surface area contributed by atoms with Gasteiger partial charge in [-0.2, -0.15) is 4.31 Å². The van der Waals surface area contributed by atoms with Gasteiger partial charge in [0.15, 0.2) is 0 Å². The SMILES string of the molecule is C=CCS(=O)(=O)N1CCCCC1c1cccc(C(C)Br)c1. The second-order valence-electron chi connectivity index (χ2n) is 5.48. The second-order valence-corrected chi connectivity index (χ2v) is 8.82. The Morgan fingerprint density at radius 1 is 1.48 bits per heavy atom. The van der Waals surface area contributed by atoms with Gasteiger partial charge in [0, 0.05) is 17.4 Å². The van der Waals surface area contributed by atoms with Gasteiger partial charge in [-0.25, -0.2) is 8.42 Å². The highest BCUT2D eigenvalue weighted by Crippen LogP contribution is 2.35. The lowest BCUT2D eigenvalue weighted by Gasteiger charge is -2.35. The highest BCUT2D eigenvalue weighted by molar-refractivity contribution is 9.09. The Morgan fingerprint density at radius 3 is 2.90 bits per heavy atom. The molecule has 2 unspecified atom stereocenters. The molecule has 0 saturated carbocycles. The monoisotopic (exact) mass is 371 g/mol. The van der Waals surface area contributed by atoms with Crippen molar-refractivity contribution < 1.29 is 8.42 Å². The number of sulfonamides is 1. The van der Waals surface area contributed by atoms with Gasteiger partial charge in [-0.1, -0.05) is 52.7 Å². The van der Waals surface area contributed by atoms with E-state index in [1.54, 1.807) is 4.31 Å². The molecule has 1 fully saturated rings. The third kappa shape index (κ3) is 3.96. The molecule has 0 spiro atoms. The molecule has 1 aromatic rings. The number of benzene rings is 1. The van der Waals surface area contributed by atoms with Crippen LogP contribution in [0.25, 0.3) is 0 Å². The molecule has 1 aliphatic rings. The Kier molecular flexibility index (Phi) is 5.63. The maximum absolute atomic E-state index is 12.4. The van der Waals surface area contributed by atoms with Crippen LogP contribution in [0.4, 0.5) is 0 Å². The minimum Gasteiger partial charge on any atom is -0.212 e. The van der Waals surface area contributed by atoms with Crippen LogP contribution in [0.3, 0.4) is 0 Å². The minimum absolute atomic E-state index is 0.0119. The second kappa shape index (κ2) is 7.07. The smallest absolute Gasteiger partial charge is 0.212 e. The fourth-order valence-electron chi connectivity index (χ4n) is 2.83. The zero-order valence-electron chi connectivity index (χ0n) is 12.3. The van der Waals surface area contributed by atoms with E-state index >= 15 is 0 Å². The van der Waals surface area contributed by atoms with Gasteiger partial charge in [-0.15, -0.1) is 6.58 Å². The highest BCUT2D eigenvalue weighted by Gasteiger charge is 2.32. The topological polar surface area (TPSA) is 37.4 Å². The van der Waals surface area contributed by atoms with E-state index in [-0.39, 0.29) is 16.6 Å². The van der Waals surface area contributed by atoms with Gasteiger partial charge >= 0.3 is 0 Å². The molecule has 2 rings (SSSR count). The van der Waals surface area contributed by atoms with Crippen LogP contribution in [0.15, 0.2) is 36.9 Å². The van der Waals surface area contributed by atoms with Crippen molar-refractivity contribution >= 4 is 26.0 Å². The molecule has 0 aliphatic carbocycles. The summed E-state index contributed by atoms with van der Waals surface area (Å²) in [6.07, 6.45) is 4.36. The predicted molar refractivity (Wildman–Crippen MR) is 91.1 cm³/mol. The van der Waals surface area contributed by atoms with Crippen LogP contribution in [0.1, 0.15) is 48.2 Å². The Labute approximate surface area is 136 Å². The summed E-state index contributed by atoms with van der Waals surface area (Å²) in [4.78, 5) is 0.263. The average molecular weight is 372 g/mol. The number of rotatable bonds is 5. The van der Waals surface area contributed by atoms with E-state index in [1.165, 1.54) is 11.6 Å². The van der Waals surface area contributed by atoms with Crippen LogP contribution < -0.4 is 0 Å². The lowest BCUT2D eigenvalue weighted by Crippen LogP contribution is -2.39. The van der Waals surface area contributed by atoms with E-state index in [4.69, 9.17) is 0 Å². The first-order chi connectivity index (χ1) is 9.95. The van der Waals surface area contributed by atoms with Crippen LogP contribution in [0.5, 0.6) is 0 Å². The normalized spacial score (nSPS) is 21.9. The van der Waals surface area contributed by atoms with Crippen LogP contribution in [0, 0.1) is 0 Å². The average Bonchev–Trinajstić information content (AvgIpc) is 2.47. The summed E-state index contributed by atoms with van der Waals surface area (Å²) < 4.78 is 26.5. The van der Waals surface area contributed by atoms with Gasteiger partial charge in [0.05, 0.1) is 5.75 Å². The summed E-state index contributed by atoms with van der Waals surface area (Å²) in [5, 5.41) is 0. The van der Waals surface area contributed by atoms with E-state index in [0.29, 0.717) is 6.54 Å². The Balaban J connectivity index is 2.35. The first kappa shape index (κ1) is 16.7. The summed E-state index contributed by atoms with van der Waals surface area (Å²) in [6, 6.07) is 8.18. The first-order valence-corrected chi connectivity index (χ1v) is 9.82. The summed E-state index contributed by atoms with van der Waals surface area (Å²) in [7, 11) is -3.26. The van der Waals surface area contributed by atoms with Crippen LogP contribution >= 0.6 is 15.9 Å². The third-order valence-electron chi connectivity index (χ3n) is 3.89. The number of piperidine rings is 1. The van der Waals surface area contributed by atoms with Crippen molar-refractivity contribution in [1.29, 1.82) is 0 Å². The Morgan fingerprint density at radius 2 is 2.24 bits per heavy atom.